The van der Waals surface area contributed by atoms with E-state index in [4.69, 9.17) is 11.6 Å². The molecule has 1 aromatic carbocycles. The molecule has 12 heteroatoms. The number of amides is 1. The maximum atomic E-state index is 11.8. The highest BCUT2D eigenvalue weighted by atomic mass is 35.5. The van der Waals surface area contributed by atoms with E-state index in [9.17, 15) is 14.4 Å². The number of hydrazone groups is 1. The van der Waals surface area contributed by atoms with Crippen LogP contribution in [0.5, 0.6) is 0 Å². The molecule has 0 saturated heterocycles. The molecular weight excluding hydrogens is 388 g/mol. The normalized spacial score (nSPS) is 10.9. The molecule has 0 aliphatic heterocycles. The predicted octanol–water partition coefficient (Wildman–Crippen LogP) is 0.168. The van der Waals surface area contributed by atoms with Gasteiger partial charge in [-0.2, -0.15) is 10.2 Å². The first-order valence-electron chi connectivity index (χ1n) is 8.01. The SMILES string of the molecule is Cc1nn(-c2ccccc2)c(Cl)c1/C=N/NC(=O)CNc1n[nH]c(=O)[nH]c1=O. The molecule has 0 spiro atoms. The molecular formula is C16H15ClN8O3. The van der Waals surface area contributed by atoms with Crippen LogP contribution < -0.4 is 22.0 Å². The third-order valence-corrected chi connectivity index (χ3v) is 3.92. The van der Waals surface area contributed by atoms with Crippen molar-refractivity contribution in [2.75, 3.05) is 11.9 Å². The number of hydrogen-bond acceptors (Lipinski definition) is 7. The number of aromatic nitrogens is 5. The molecule has 1 amide bonds. The van der Waals surface area contributed by atoms with E-state index in [0.29, 0.717) is 16.4 Å². The molecule has 0 aliphatic rings. The van der Waals surface area contributed by atoms with E-state index in [2.05, 4.69) is 26.0 Å². The van der Waals surface area contributed by atoms with Gasteiger partial charge >= 0.3 is 5.69 Å². The zero-order chi connectivity index (χ0) is 20.1. The molecule has 2 aromatic heterocycles. The fourth-order valence-corrected chi connectivity index (χ4v) is 2.56. The molecule has 2 heterocycles. The van der Waals surface area contributed by atoms with Gasteiger partial charge in [0.15, 0.2) is 0 Å². The lowest BCUT2D eigenvalue weighted by atomic mass is 10.3. The number of H-pyrrole nitrogens is 2. The summed E-state index contributed by atoms with van der Waals surface area (Å²) >= 11 is 6.36. The molecule has 0 fully saturated rings. The molecule has 3 aromatic rings. The Labute approximate surface area is 162 Å². The van der Waals surface area contributed by atoms with Crippen LogP contribution in [0.15, 0.2) is 45.0 Å². The Balaban J connectivity index is 1.63. The molecule has 28 heavy (non-hydrogen) atoms. The Morgan fingerprint density at radius 2 is 2.07 bits per heavy atom. The van der Waals surface area contributed by atoms with Crippen molar-refractivity contribution in [3.63, 3.8) is 0 Å². The Bertz CT molecular complexity index is 1130. The average molecular weight is 403 g/mol. The Morgan fingerprint density at radius 1 is 1.32 bits per heavy atom. The van der Waals surface area contributed by atoms with E-state index in [1.807, 2.05) is 40.4 Å². The van der Waals surface area contributed by atoms with Crippen molar-refractivity contribution in [3.8, 4) is 5.69 Å². The number of hydrogen-bond donors (Lipinski definition) is 4. The number of carbonyl (C=O) groups excluding carboxylic acids is 1. The van der Waals surface area contributed by atoms with Crippen LogP contribution in [0.4, 0.5) is 5.82 Å². The summed E-state index contributed by atoms with van der Waals surface area (Å²) in [5, 5.41) is 16.6. The highest BCUT2D eigenvalue weighted by Crippen LogP contribution is 2.21. The monoisotopic (exact) mass is 402 g/mol. The topological polar surface area (TPSA) is 150 Å². The fourth-order valence-electron chi connectivity index (χ4n) is 2.24. The molecule has 0 bridgehead atoms. The Morgan fingerprint density at radius 3 is 2.79 bits per heavy atom. The summed E-state index contributed by atoms with van der Waals surface area (Å²) in [6.45, 7) is 1.49. The molecule has 11 nitrogen and oxygen atoms in total. The van der Waals surface area contributed by atoms with E-state index in [1.54, 1.807) is 11.6 Å². The van der Waals surface area contributed by atoms with E-state index in [1.165, 1.54) is 6.21 Å². The second-order valence-corrected chi connectivity index (χ2v) is 5.90. The second kappa shape index (κ2) is 8.31. The number of para-hydroxylation sites is 1. The van der Waals surface area contributed by atoms with Crippen molar-refractivity contribution in [1.82, 2.24) is 30.4 Å². The number of nitrogens with one attached hydrogen (secondary N) is 4. The van der Waals surface area contributed by atoms with Crippen LogP contribution in [0.1, 0.15) is 11.3 Å². The summed E-state index contributed by atoms with van der Waals surface area (Å²) in [6.07, 6.45) is 1.38. The van der Waals surface area contributed by atoms with Crippen molar-refractivity contribution in [3.05, 3.63) is 67.6 Å². The third-order valence-electron chi connectivity index (χ3n) is 3.56. The first-order valence-corrected chi connectivity index (χ1v) is 8.39. The maximum Gasteiger partial charge on any atom is 0.342 e. The Kier molecular flexibility index (Phi) is 5.65. The van der Waals surface area contributed by atoms with Gasteiger partial charge in [0.2, 0.25) is 5.82 Å². The van der Waals surface area contributed by atoms with Crippen LogP contribution in [0.3, 0.4) is 0 Å². The first kappa shape index (κ1) is 19.0. The molecule has 3 rings (SSSR count). The number of carbonyl (C=O) groups is 1. The van der Waals surface area contributed by atoms with Gasteiger partial charge in [0.1, 0.15) is 5.15 Å². The van der Waals surface area contributed by atoms with Crippen LogP contribution in [0.25, 0.3) is 5.69 Å². The molecule has 0 aliphatic carbocycles. The van der Waals surface area contributed by atoms with Crippen LogP contribution in [0, 0.1) is 6.92 Å². The minimum Gasteiger partial charge on any atom is -0.355 e. The van der Waals surface area contributed by atoms with Gasteiger partial charge in [-0.25, -0.2) is 20.0 Å². The van der Waals surface area contributed by atoms with Gasteiger partial charge in [0.05, 0.1) is 29.7 Å². The van der Waals surface area contributed by atoms with Crippen LogP contribution >= 0.6 is 11.6 Å². The zero-order valence-electron chi connectivity index (χ0n) is 14.6. The first-order chi connectivity index (χ1) is 13.5. The molecule has 0 saturated carbocycles. The lowest BCUT2D eigenvalue weighted by Gasteiger charge is -2.02. The lowest BCUT2D eigenvalue weighted by molar-refractivity contribution is -0.119. The zero-order valence-corrected chi connectivity index (χ0v) is 15.3. The maximum absolute atomic E-state index is 11.8. The van der Waals surface area contributed by atoms with Crippen molar-refractivity contribution in [2.24, 2.45) is 5.10 Å². The number of aromatic amines is 2. The van der Waals surface area contributed by atoms with Gasteiger partial charge < -0.3 is 5.32 Å². The second-order valence-electron chi connectivity index (χ2n) is 5.54. The number of benzene rings is 1. The smallest absolute Gasteiger partial charge is 0.342 e. The molecule has 4 N–H and O–H groups in total. The van der Waals surface area contributed by atoms with Gasteiger partial charge in [-0.15, -0.1) is 5.10 Å². The van der Waals surface area contributed by atoms with Gasteiger partial charge in [0.25, 0.3) is 11.5 Å². The number of rotatable bonds is 6. The van der Waals surface area contributed by atoms with Gasteiger partial charge in [-0.05, 0) is 19.1 Å². The van der Waals surface area contributed by atoms with E-state index in [-0.39, 0.29) is 12.4 Å². The fraction of sp³-hybridized carbons (Fsp3) is 0.125. The third kappa shape index (κ3) is 4.32. The van der Waals surface area contributed by atoms with Crippen molar-refractivity contribution < 1.29 is 4.79 Å². The van der Waals surface area contributed by atoms with Crippen molar-refractivity contribution >= 4 is 29.5 Å². The van der Waals surface area contributed by atoms with Crippen LogP contribution in [-0.2, 0) is 4.79 Å². The van der Waals surface area contributed by atoms with E-state index < -0.39 is 17.2 Å². The minimum atomic E-state index is -0.743. The largest absolute Gasteiger partial charge is 0.355 e. The van der Waals surface area contributed by atoms with Crippen LogP contribution in [0.2, 0.25) is 5.15 Å². The minimum absolute atomic E-state index is 0.193. The quantitative estimate of drug-likeness (QED) is 0.341. The summed E-state index contributed by atoms with van der Waals surface area (Å²) < 4.78 is 1.57. The highest BCUT2D eigenvalue weighted by molar-refractivity contribution is 6.32. The molecule has 144 valence electrons. The summed E-state index contributed by atoms with van der Waals surface area (Å²) in [6, 6.07) is 9.34. The van der Waals surface area contributed by atoms with Gasteiger partial charge in [-0.3, -0.25) is 14.6 Å². The van der Waals surface area contributed by atoms with E-state index in [0.717, 1.165) is 5.69 Å². The predicted molar refractivity (Wildman–Crippen MR) is 103 cm³/mol. The summed E-state index contributed by atoms with van der Waals surface area (Å²) in [5.41, 5.74) is 2.79. The van der Waals surface area contributed by atoms with Crippen molar-refractivity contribution in [1.29, 1.82) is 0 Å². The van der Waals surface area contributed by atoms with Gasteiger partial charge in [0, 0.05) is 0 Å². The van der Waals surface area contributed by atoms with Gasteiger partial charge in [-0.1, -0.05) is 29.8 Å². The summed E-state index contributed by atoms with van der Waals surface area (Å²) in [7, 11) is 0. The standard InChI is InChI=1S/C16H15ClN8O3/c1-9-11(13(17)25(24-9)10-5-3-2-4-6-10)7-19-21-12(26)8-18-14-15(27)20-16(28)23-22-14/h2-7H,8H2,1H3,(H,18,22)(H,21,26)(H2,20,23,27,28)/b19-7+. The Hall–Kier alpha value is -3.73. The molecule has 0 unspecified atom stereocenters. The lowest BCUT2D eigenvalue weighted by Crippen LogP contribution is -2.31. The molecule has 0 atom stereocenters. The summed E-state index contributed by atoms with van der Waals surface area (Å²) in [4.78, 5) is 36.2. The highest BCUT2D eigenvalue weighted by Gasteiger charge is 2.13. The van der Waals surface area contributed by atoms with E-state index >= 15 is 0 Å². The number of anilines is 1. The van der Waals surface area contributed by atoms with Crippen LogP contribution in [-0.4, -0.2) is 43.6 Å². The number of nitrogens with zero attached hydrogens (tertiary/aromatic N) is 4. The molecule has 0 radical (unpaired) electrons. The summed E-state index contributed by atoms with van der Waals surface area (Å²) in [5.74, 6) is -0.727. The number of halogens is 1. The van der Waals surface area contributed by atoms with Crippen molar-refractivity contribution in [2.45, 2.75) is 6.92 Å². The average Bonchev–Trinajstić information content (AvgIpc) is 2.96. The number of aryl methyl sites for hydroxylation is 1.